The second-order valence-corrected chi connectivity index (χ2v) is 7.32. The average molecular weight is 339 g/mol. The van der Waals surface area contributed by atoms with Crippen LogP contribution >= 0.6 is 0 Å². The van der Waals surface area contributed by atoms with E-state index >= 15 is 0 Å². The third kappa shape index (κ3) is 3.03. The van der Waals surface area contributed by atoms with Gasteiger partial charge in [0.05, 0.1) is 13.3 Å². The van der Waals surface area contributed by atoms with Crippen molar-refractivity contribution in [1.29, 1.82) is 0 Å². The minimum atomic E-state index is 0.107. The predicted molar refractivity (Wildman–Crippen MR) is 95.7 cm³/mol. The molecule has 0 saturated carbocycles. The van der Waals surface area contributed by atoms with Crippen LogP contribution in [-0.4, -0.2) is 41.2 Å². The molecular weight excluding hydrogens is 314 g/mol. The number of benzene rings is 1. The SMILES string of the molecule is COc1cccc(CCC(=O)N2CCCC3(CCc4cn[nH]c43)C2)c1. The maximum absolute atomic E-state index is 12.8. The molecule has 1 unspecified atom stereocenters. The maximum atomic E-state index is 12.8. The number of aryl methyl sites for hydroxylation is 2. The van der Waals surface area contributed by atoms with Crippen LogP contribution in [0.2, 0.25) is 0 Å². The van der Waals surface area contributed by atoms with Gasteiger partial charge < -0.3 is 9.64 Å². The van der Waals surface area contributed by atoms with Gasteiger partial charge in [0.1, 0.15) is 5.75 Å². The van der Waals surface area contributed by atoms with Gasteiger partial charge in [-0.1, -0.05) is 12.1 Å². The average Bonchev–Trinajstić information content (AvgIpc) is 3.25. The molecular formula is C20H25N3O2. The van der Waals surface area contributed by atoms with Crippen LogP contribution in [0.3, 0.4) is 0 Å². The van der Waals surface area contributed by atoms with Crippen molar-refractivity contribution in [2.75, 3.05) is 20.2 Å². The van der Waals surface area contributed by atoms with Crippen molar-refractivity contribution in [2.24, 2.45) is 0 Å². The summed E-state index contributed by atoms with van der Waals surface area (Å²) >= 11 is 0. The number of nitrogens with one attached hydrogen (secondary N) is 1. The van der Waals surface area contributed by atoms with Gasteiger partial charge in [0.25, 0.3) is 0 Å². The summed E-state index contributed by atoms with van der Waals surface area (Å²) in [5.41, 5.74) is 3.87. The Morgan fingerprint density at radius 2 is 2.32 bits per heavy atom. The molecule has 4 rings (SSSR count). The number of carbonyl (C=O) groups excluding carboxylic acids is 1. The summed E-state index contributed by atoms with van der Waals surface area (Å²) < 4.78 is 5.26. The smallest absolute Gasteiger partial charge is 0.222 e. The van der Waals surface area contributed by atoms with Gasteiger partial charge in [0.2, 0.25) is 5.91 Å². The van der Waals surface area contributed by atoms with Crippen molar-refractivity contribution >= 4 is 5.91 Å². The Labute approximate surface area is 148 Å². The van der Waals surface area contributed by atoms with Crippen LogP contribution in [0, 0.1) is 0 Å². The summed E-state index contributed by atoms with van der Waals surface area (Å²) in [6.07, 6.45) is 7.71. The zero-order valence-electron chi connectivity index (χ0n) is 14.8. The lowest BCUT2D eigenvalue weighted by Gasteiger charge is -2.40. The monoisotopic (exact) mass is 339 g/mol. The molecule has 1 aromatic carbocycles. The minimum Gasteiger partial charge on any atom is -0.497 e. The van der Waals surface area contributed by atoms with Gasteiger partial charge in [-0.05, 0) is 55.4 Å². The molecule has 1 atom stereocenters. The van der Waals surface area contributed by atoms with Crippen LogP contribution in [-0.2, 0) is 23.1 Å². The molecule has 1 aromatic heterocycles. The number of fused-ring (bicyclic) bond motifs is 2. The number of nitrogens with zero attached hydrogens (tertiary/aromatic N) is 2. The highest BCUT2D eigenvalue weighted by Gasteiger charge is 2.44. The summed E-state index contributed by atoms with van der Waals surface area (Å²) in [5, 5.41) is 7.42. The molecule has 1 aliphatic heterocycles. The standard InChI is InChI=1S/C20H25N3O2/c1-25-17-5-2-4-15(12-17)6-7-18(24)23-11-3-9-20(14-23)10-8-16-13-21-22-19(16)20/h2,4-5,12-13H,3,6-11,14H2,1H3,(H,21,22). The van der Waals surface area contributed by atoms with Crippen LogP contribution in [0.25, 0.3) is 0 Å². The van der Waals surface area contributed by atoms with Crippen LogP contribution in [0.15, 0.2) is 30.5 Å². The third-order valence-corrected chi connectivity index (χ3v) is 5.81. The van der Waals surface area contributed by atoms with E-state index in [1.807, 2.05) is 24.4 Å². The topological polar surface area (TPSA) is 58.2 Å². The molecule has 5 nitrogen and oxygen atoms in total. The first-order valence-corrected chi connectivity index (χ1v) is 9.14. The van der Waals surface area contributed by atoms with E-state index in [2.05, 4.69) is 21.2 Å². The summed E-state index contributed by atoms with van der Waals surface area (Å²) in [5.74, 6) is 1.11. The van der Waals surface area contributed by atoms with Crippen molar-refractivity contribution in [2.45, 2.75) is 43.9 Å². The van der Waals surface area contributed by atoms with Gasteiger partial charge in [0, 0.05) is 30.6 Å². The van der Waals surface area contributed by atoms with Gasteiger partial charge in [-0.25, -0.2) is 0 Å². The van der Waals surface area contributed by atoms with Crippen LogP contribution in [0.5, 0.6) is 5.75 Å². The molecule has 1 fully saturated rings. The van der Waals surface area contributed by atoms with Crippen molar-refractivity contribution in [3.8, 4) is 5.75 Å². The number of ether oxygens (including phenoxy) is 1. The summed E-state index contributed by atoms with van der Waals surface area (Å²) in [4.78, 5) is 14.9. The molecule has 1 amide bonds. The van der Waals surface area contributed by atoms with Gasteiger partial charge in [-0.2, -0.15) is 5.10 Å². The largest absolute Gasteiger partial charge is 0.497 e. The Morgan fingerprint density at radius 3 is 3.20 bits per heavy atom. The van der Waals surface area contributed by atoms with Gasteiger partial charge in [0.15, 0.2) is 0 Å². The van der Waals surface area contributed by atoms with E-state index in [0.29, 0.717) is 6.42 Å². The van der Waals surface area contributed by atoms with Crippen LogP contribution in [0.1, 0.15) is 42.5 Å². The lowest BCUT2D eigenvalue weighted by molar-refractivity contribution is -0.133. The normalized spacial score (nSPS) is 22.2. The minimum absolute atomic E-state index is 0.107. The van der Waals surface area contributed by atoms with E-state index in [-0.39, 0.29) is 11.3 Å². The van der Waals surface area contributed by atoms with Crippen molar-refractivity contribution in [1.82, 2.24) is 15.1 Å². The van der Waals surface area contributed by atoms with E-state index in [1.165, 1.54) is 11.3 Å². The lowest BCUT2D eigenvalue weighted by atomic mass is 9.77. The first-order chi connectivity index (χ1) is 12.2. The van der Waals surface area contributed by atoms with Crippen LogP contribution < -0.4 is 4.74 Å². The Morgan fingerprint density at radius 1 is 1.40 bits per heavy atom. The molecule has 132 valence electrons. The summed E-state index contributed by atoms with van der Waals surface area (Å²) in [6, 6.07) is 7.98. The van der Waals surface area contributed by atoms with Gasteiger partial charge in [-0.3, -0.25) is 9.89 Å². The number of aromatic nitrogens is 2. The summed E-state index contributed by atoms with van der Waals surface area (Å²) in [7, 11) is 1.67. The molecule has 0 radical (unpaired) electrons. The maximum Gasteiger partial charge on any atom is 0.222 e. The number of hydrogen-bond acceptors (Lipinski definition) is 3. The quantitative estimate of drug-likeness (QED) is 0.932. The van der Waals surface area contributed by atoms with Crippen molar-refractivity contribution in [3.63, 3.8) is 0 Å². The highest BCUT2D eigenvalue weighted by molar-refractivity contribution is 5.76. The van der Waals surface area contributed by atoms with E-state index in [9.17, 15) is 4.79 Å². The third-order valence-electron chi connectivity index (χ3n) is 5.81. The first-order valence-electron chi connectivity index (χ1n) is 9.14. The number of H-pyrrole nitrogens is 1. The highest BCUT2D eigenvalue weighted by Crippen LogP contribution is 2.43. The van der Waals surface area contributed by atoms with Crippen LogP contribution in [0.4, 0.5) is 0 Å². The van der Waals surface area contributed by atoms with E-state index in [0.717, 1.165) is 56.5 Å². The number of hydrogen-bond donors (Lipinski definition) is 1. The molecule has 0 bridgehead atoms. The Bertz CT molecular complexity index is 770. The lowest BCUT2D eigenvalue weighted by Crippen LogP contribution is -2.47. The fourth-order valence-corrected chi connectivity index (χ4v) is 4.45. The van der Waals surface area contributed by atoms with E-state index < -0.39 is 0 Å². The Hall–Kier alpha value is -2.30. The number of aromatic amines is 1. The molecule has 1 spiro atoms. The zero-order chi connectivity index (χ0) is 17.3. The Balaban J connectivity index is 1.41. The number of methoxy groups -OCH3 is 1. The molecule has 1 saturated heterocycles. The van der Waals surface area contributed by atoms with E-state index in [1.54, 1.807) is 7.11 Å². The second-order valence-electron chi connectivity index (χ2n) is 7.32. The molecule has 5 heteroatoms. The molecule has 1 aliphatic carbocycles. The predicted octanol–water partition coefficient (Wildman–Crippen LogP) is 2.86. The fraction of sp³-hybridized carbons (Fsp3) is 0.500. The number of piperidine rings is 1. The first kappa shape index (κ1) is 16.2. The molecule has 2 aromatic rings. The van der Waals surface area contributed by atoms with Gasteiger partial charge in [-0.15, -0.1) is 0 Å². The number of amides is 1. The van der Waals surface area contributed by atoms with Gasteiger partial charge >= 0.3 is 0 Å². The number of carbonyl (C=O) groups is 1. The Kier molecular flexibility index (Phi) is 4.24. The molecule has 25 heavy (non-hydrogen) atoms. The zero-order valence-corrected chi connectivity index (χ0v) is 14.8. The van der Waals surface area contributed by atoms with Crippen molar-refractivity contribution in [3.05, 3.63) is 47.3 Å². The highest BCUT2D eigenvalue weighted by atomic mass is 16.5. The summed E-state index contributed by atoms with van der Waals surface area (Å²) in [6.45, 7) is 1.71. The molecule has 2 heterocycles. The second kappa shape index (κ2) is 6.54. The van der Waals surface area contributed by atoms with Crippen molar-refractivity contribution < 1.29 is 9.53 Å². The number of rotatable bonds is 4. The number of likely N-dealkylation sites (tertiary alicyclic amines) is 1. The van der Waals surface area contributed by atoms with E-state index in [4.69, 9.17) is 4.74 Å². The molecule has 2 aliphatic rings. The molecule has 1 N–H and O–H groups in total. The fourth-order valence-electron chi connectivity index (χ4n) is 4.45.